The predicted molar refractivity (Wildman–Crippen MR) is 138 cm³/mol. The molecule has 0 aromatic heterocycles. The van der Waals surface area contributed by atoms with E-state index in [0.29, 0.717) is 12.1 Å². The van der Waals surface area contributed by atoms with Gasteiger partial charge in [-0.15, -0.1) is 0 Å². The smallest absolute Gasteiger partial charge is 0.264 e. The number of para-hydroxylation sites is 1. The van der Waals surface area contributed by atoms with Crippen LogP contribution >= 0.6 is 0 Å². The number of anilines is 1. The molecule has 1 atom stereocenters. The van der Waals surface area contributed by atoms with Gasteiger partial charge in [-0.2, -0.15) is 0 Å². The van der Waals surface area contributed by atoms with Crippen LogP contribution in [0.5, 0.6) is 5.75 Å². The highest BCUT2D eigenvalue weighted by Crippen LogP contribution is 2.42. The Morgan fingerprint density at radius 3 is 2.31 bits per heavy atom. The van der Waals surface area contributed by atoms with Gasteiger partial charge in [0.15, 0.2) is 0 Å². The van der Waals surface area contributed by atoms with Gasteiger partial charge in [-0.05, 0) is 62.2 Å². The van der Waals surface area contributed by atoms with Gasteiger partial charge in [-0.3, -0.25) is 9.10 Å². The van der Waals surface area contributed by atoms with Crippen LogP contribution in [0.1, 0.15) is 50.3 Å². The Labute approximate surface area is 212 Å². The molecule has 0 aliphatic carbocycles. The lowest BCUT2D eigenvalue weighted by atomic mass is 9.83. The van der Waals surface area contributed by atoms with E-state index in [1.165, 1.54) is 12.1 Å². The number of rotatable bonds is 8. The maximum Gasteiger partial charge on any atom is 0.264 e. The molecule has 4 rings (SSSR count). The summed E-state index contributed by atoms with van der Waals surface area (Å²) >= 11 is 0. The summed E-state index contributed by atoms with van der Waals surface area (Å²) in [4.78, 5) is 13.3. The Bertz CT molecular complexity index is 1320. The first-order valence-corrected chi connectivity index (χ1v) is 13.5. The van der Waals surface area contributed by atoms with E-state index in [9.17, 15) is 17.6 Å². The molecular weight excluding hydrogens is 479 g/mol. The minimum absolute atomic E-state index is 0.0929. The summed E-state index contributed by atoms with van der Waals surface area (Å²) in [5.74, 6) is -0.252. The number of fused-ring (bicyclic) bond motifs is 1. The molecule has 6 nitrogen and oxygen atoms in total. The molecule has 1 unspecified atom stereocenters. The molecule has 1 aliphatic rings. The average Bonchev–Trinajstić information content (AvgIpc) is 2.88. The van der Waals surface area contributed by atoms with Crippen LogP contribution in [-0.2, 0) is 14.8 Å². The van der Waals surface area contributed by atoms with E-state index in [4.69, 9.17) is 4.74 Å². The lowest BCUT2D eigenvalue weighted by molar-refractivity contribution is -0.121. The highest BCUT2D eigenvalue weighted by molar-refractivity contribution is 7.92. The van der Waals surface area contributed by atoms with E-state index >= 15 is 0 Å². The van der Waals surface area contributed by atoms with Crippen molar-refractivity contribution in [3.05, 3.63) is 89.7 Å². The molecule has 1 aliphatic heterocycles. The van der Waals surface area contributed by atoms with Gasteiger partial charge >= 0.3 is 0 Å². The number of carbonyl (C=O) groups excluding carboxylic acids is 1. The number of benzene rings is 3. The van der Waals surface area contributed by atoms with E-state index in [2.05, 4.69) is 19.2 Å². The number of halogens is 1. The number of nitrogens with one attached hydrogen (secondary N) is 1. The summed E-state index contributed by atoms with van der Waals surface area (Å²) in [5, 5.41) is 3.06. The van der Waals surface area contributed by atoms with Crippen LogP contribution in [-0.4, -0.2) is 26.5 Å². The van der Waals surface area contributed by atoms with E-state index in [0.717, 1.165) is 46.2 Å². The first kappa shape index (κ1) is 25.7. The van der Waals surface area contributed by atoms with Crippen molar-refractivity contribution in [1.82, 2.24) is 5.32 Å². The summed E-state index contributed by atoms with van der Waals surface area (Å²) in [6.45, 7) is 5.59. The molecule has 0 saturated heterocycles. The molecule has 0 fully saturated rings. The van der Waals surface area contributed by atoms with Gasteiger partial charge in [-0.1, -0.05) is 49.7 Å². The van der Waals surface area contributed by atoms with Crippen LogP contribution in [0.3, 0.4) is 0 Å². The van der Waals surface area contributed by atoms with Crippen molar-refractivity contribution in [3.8, 4) is 5.75 Å². The Hall–Kier alpha value is -3.39. The maximum absolute atomic E-state index is 13.6. The molecule has 0 saturated carbocycles. The molecule has 190 valence electrons. The van der Waals surface area contributed by atoms with Crippen LogP contribution in [0, 0.1) is 12.7 Å². The summed E-state index contributed by atoms with van der Waals surface area (Å²) in [7, 11) is -4.13. The largest absolute Gasteiger partial charge is 0.487 e. The summed E-state index contributed by atoms with van der Waals surface area (Å²) in [6.07, 6.45) is 2.13. The van der Waals surface area contributed by atoms with Crippen molar-refractivity contribution in [1.29, 1.82) is 0 Å². The highest BCUT2D eigenvalue weighted by atomic mass is 32.2. The molecule has 0 spiro atoms. The average molecular weight is 511 g/mol. The third-order valence-corrected chi connectivity index (χ3v) is 8.62. The molecule has 1 amide bonds. The van der Waals surface area contributed by atoms with Gasteiger partial charge in [0, 0.05) is 12.0 Å². The maximum atomic E-state index is 13.6. The van der Waals surface area contributed by atoms with Crippen LogP contribution in [0.15, 0.2) is 77.7 Å². The Morgan fingerprint density at radius 2 is 1.67 bits per heavy atom. The zero-order valence-corrected chi connectivity index (χ0v) is 21.5. The van der Waals surface area contributed by atoms with Crippen molar-refractivity contribution < 1.29 is 22.3 Å². The molecule has 1 heterocycles. The van der Waals surface area contributed by atoms with Gasteiger partial charge in [0.2, 0.25) is 5.91 Å². The quantitative estimate of drug-likeness (QED) is 0.433. The van der Waals surface area contributed by atoms with E-state index < -0.39 is 33.9 Å². The zero-order chi connectivity index (χ0) is 25.9. The van der Waals surface area contributed by atoms with Crippen LogP contribution in [0.25, 0.3) is 0 Å². The number of hydrogen-bond donors (Lipinski definition) is 1. The zero-order valence-electron chi connectivity index (χ0n) is 20.7. The summed E-state index contributed by atoms with van der Waals surface area (Å²) in [6, 6.07) is 18.8. The van der Waals surface area contributed by atoms with Crippen LogP contribution in [0.4, 0.5) is 10.1 Å². The molecule has 1 N–H and O–H groups in total. The number of ether oxygens (including phenoxy) is 1. The highest BCUT2D eigenvalue weighted by Gasteiger charge is 2.39. The van der Waals surface area contributed by atoms with Gasteiger partial charge in [0.1, 0.15) is 23.7 Å². The molecular formula is C28H31FN2O4S. The van der Waals surface area contributed by atoms with Crippen molar-refractivity contribution in [2.75, 3.05) is 10.8 Å². The molecule has 36 heavy (non-hydrogen) atoms. The van der Waals surface area contributed by atoms with E-state index in [1.54, 1.807) is 24.3 Å². The third-order valence-electron chi connectivity index (χ3n) is 6.83. The SMILES string of the molecule is CCC1(CC)CC(NC(=O)CN(c2ccc(C)cc2)S(=O)(=O)c2ccc(F)cc2)c2ccccc2O1. The van der Waals surface area contributed by atoms with Gasteiger partial charge in [0.25, 0.3) is 10.0 Å². The second kappa shape index (κ2) is 10.3. The summed E-state index contributed by atoms with van der Waals surface area (Å²) in [5.41, 5.74) is 1.76. The predicted octanol–water partition coefficient (Wildman–Crippen LogP) is 5.53. The minimum Gasteiger partial charge on any atom is -0.487 e. The van der Waals surface area contributed by atoms with Crippen molar-refractivity contribution in [3.63, 3.8) is 0 Å². The molecule has 3 aromatic carbocycles. The number of amides is 1. The Kier molecular flexibility index (Phi) is 7.36. The lowest BCUT2D eigenvalue weighted by Crippen LogP contribution is -2.47. The second-order valence-corrected chi connectivity index (χ2v) is 11.0. The van der Waals surface area contributed by atoms with Crippen molar-refractivity contribution in [2.24, 2.45) is 0 Å². The molecule has 3 aromatic rings. The Morgan fingerprint density at radius 1 is 1.03 bits per heavy atom. The number of hydrogen-bond acceptors (Lipinski definition) is 4. The Balaban J connectivity index is 1.65. The van der Waals surface area contributed by atoms with Crippen LogP contribution < -0.4 is 14.4 Å². The first-order valence-electron chi connectivity index (χ1n) is 12.1. The monoisotopic (exact) mass is 510 g/mol. The molecule has 0 radical (unpaired) electrons. The summed E-state index contributed by atoms with van der Waals surface area (Å²) < 4.78 is 48.0. The fourth-order valence-corrected chi connectivity index (χ4v) is 5.98. The van der Waals surface area contributed by atoms with Crippen molar-refractivity contribution >= 4 is 21.6 Å². The molecule has 8 heteroatoms. The minimum atomic E-state index is -4.13. The van der Waals surface area contributed by atoms with Gasteiger partial charge in [-0.25, -0.2) is 12.8 Å². The van der Waals surface area contributed by atoms with E-state index in [-0.39, 0.29) is 10.9 Å². The second-order valence-electron chi connectivity index (χ2n) is 9.16. The van der Waals surface area contributed by atoms with Crippen LogP contribution in [0.2, 0.25) is 0 Å². The normalized spacial score (nSPS) is 16.5. The number of sulfonamides is 1. The number of nitrogens with zero attached hydrogens (tertiary/aromatic N) is 1. The topological polar surface area (TPSA) is 75.7 Å². The fourth-order valence-electron chi connectivity index (χ4n) is 4.56. The third kappa shape index (κ3) is 5.23. The number of carbonyl (C=O) groups is 1. The standard InChI is InChI=1S/C28H31FN2O4S/c1-4-28(5-2)18-25(24-8-6-7-9-26(24)35-28)30-27(32)19-31(22-14-10-20(3)11-15-22)36(33,34)23-16-12-21(29)13-17-23/h6-17,25H,4-5,18-19H2,1-3H3,(H,30,32). The fraction of sp³-hybridized carbons (Fsp3) is 0.321. The van der Waals surface area contributed by atoms with Crippen molar-refractivity contribution in [2.45, 2.75) is 56.6 Å². The number of aryl methyl sites for hydroxylation is 1. The molecule has 0 bridgehead atoms. The first-order chi connectivity index (χ1) is 17.2. The van der Waals surface area contributed by atoms with Gasteiger partial charge in [0.05, 0.1) is 16.6 Å². The lowest BCUT2D eigenvalue weighted by Gasteiger charge is -2.41. The van der Waals surface area contributed by atoms with E-state index in [1.807, 2.05) is 31.2 Å². The van der Waals surface area contributed by atoms with Gasteiger partial charge < -0.3 is 10.1 Å².